The zero-order chi connectivity index (χ0) is 13.9. The Morgan fingerprint density at radius 1 is 1.40 bits per heavy atom. The average molecular weight is 275 g/mol. The number of rotatable bonds is 5. The number of fused-ring (bicyclic) bond motifs is 3. The van der Waals surface area contributed by atoms with Gasteiger partial charge in [-0.2, -0.15) is 0 Å². The number of nitrogens with zero attached hydrogens (tertiary/aromatic N) is 3. The molecule has 110 valence electrons. The first-order valence-corrected chi connectivity index (χ1v) is 7.69. The monoisotopic (exact) mass is 275 g/mol. The number of nitrogen functional groups attached to an aromatic ring is 1. The van der Waals surface area contributed by atoms with E-state index in [0.29, 0.717) is 11.9 Å². The largest absolute Gasteiger partial charge is 0.383 e. The van der Waals surface area contributed by atoms with Crippen LogP contribution in [0.1, 0.15) is 24.9 Å². The van der Waals surface area contributed by atoms with Crippen LogP contribution in [0.5, 0.6) is 0 Å². The van der Waals surface area contributed by atoms with E-state index in [1.54, 1.807) is 6.20 Å². The third-order valence-corrected chi connectivity index (χ3v) is 4.53. The predicted octanol–water partition coefficient (Wildman–Crippen LogP) is 0.704. The summed E-state index contributed by atoms with van der Waals surface area (Å²) in [4.78, 5) is 9.45. The second kappa shape index (κ2) is 6.08. The molecule has 0 aromatic carbocycles. The minimum atomic E-state index is 0.284. The molecule has 3 aliphatic heterocycles. The van der Waals surface area contributed by atoms with Crippen molar-refractivity contribution < 1.29 is 0 Å². The molecule has 3 N–H and O–H groups in total. The Morgan fingerprint density at radius 2 is 2.20 bits per heavy atom. The van der Waals surface area contributed by atoms with Gasteiger partial charge < -0.3 is 11.1 Å². The highest BCUT2D eigenvalue weighted by molar-refractivity contribution is 5.42. The molecule has 4 rings (SSSR count). The molecule has 0 spiro atoms. The Morgan fingerprint density at radius 3 is 2.80 bits per heavy atom. The molecule has 2 atom stereocenters. The second-order valence-electron chi connectivity index (χ2n) is 5.81. The molecule has 0 aliphatic carbocycles. The standard InChI is InChI=1S/C15H25N5/c1-2-5-17-14(12-4-3-6-18-15(12)16)13-11-19-7-9-20(13)10-8-19/h3-4,6,13-14,17H,2,5,7-11H2,1H3,(H2,16,18). The van der Waals surface area contributed by atoms with E-state index in [1.165, 1.54) is 26.2 Å². The molecule has 2 unspecified atom stereocenters. The Kier molecular flexibility index (Phi) is 4.19. The van der Waals surface area contributed by atoms with Crippen LogP contribution in [0.25, 0.3) is 0 Å². The highest BCUT2D eigenvalue weighted by Crippen LogP contribution is 2.29. The summed E-state index contributed by atoms with van der Waals surface area (Å²) in [6.07, 6.45) is 2.90. The summed E-state index contributed by atoms with van der Waals surface area (Å²) in [5.41, 5.74) is 7.27. The van der Waals surface area contributed by atoms with Crippen LogP contribution in [0.2, 0.25) is 0 Å². The van der Waals surface area contributed by atoms with Gasteiger partial charge in [0, 0.05) is 50.5 Å². The quantitative estimate of drug-likeness (QED) is 0.828. The van der Waals surface area contributed by atoms with Crippen molar-refractivity contribution in [1.82, 2.24) is 20.1 Å². The summed E-state index contributed by atoms with van der Waals surface area (Å²) in [5.74, 6) is 0.666. The normalized spacial score (nSPS) is 30.4. The molecule has 1 aromatic rings. The molecule has 2 bridgehead atoms. The van der Waals surface area contributed by atoms with Gasteiger partial charge in [-0.15, -0.1) is 0 Å². The Hall–Kier alpha value is -1.17. The summed E-state index contributed by atoms with van der Waals surface area (Å²) in [6, 6.07) is 4.90. The number of piperazine rings is 3. The molecule has 5 heteroatoms. The second-order valence-corrected chi connectivity index (χ2v) is 5.81. The number of hydrogen-bond acceptors (Lipinski definition) is 5. The first kappa shape index (κ1) is 13.8. The lowest BCUT2D eigenvalue weighted by Gasteiger charge is -2.50. The molecule has 3 aliphatic rings. The lowest BCUT2D eigenvalue weighted by Crippen LogP contribution is -2.64. The number of pyridine rings is 1. The summed E-state index contributed by atoms with van der Waals surface area (Å²) in [6.45, 7) is 9.12. The number of aromatic nitrogens is 1. The fourth-order valence-corrected chi connectivity index (χ4v) is 3.42. The summed E-state index contributed by atoms with van der Waals surface area (Å²) in [7, 11) is 0. The van der Waals surface area contributed by atoms with Crippen LogP contribution >= 0.6 is 0 Å². The van der Waals surface area contributed by atoms with Crippen molar-refractivity contribution in [1.29, 1.82) is 0 Å². The SMILES string of the molecule is CCCNC(c1cccnc1N)C1CN2CCN1CC2. The van der Waals surface area contributed by atoms with Gasteiger partial charge in [-0.25, -0.2) is 4.98 Å². The topological polar surface area (TPSA) is 57.4 Å². The third kappa shape index (κ3) is 2.66. The molecule has 3 fully saturated rings. The van der Waals surface area contributed by atoms with Crippen molar-refractivity contribution in [3.8, 4) is 0 Å². The smallest absolute Gasteiger partial charge is 0.128 e. The highest BCUT2D eigenvalue weighted by atomic mass is 15.4. The molecule has 4 heterocycles. The van der Waals surface area contributed by atoms with Gasteiger partial charge in [0.1, 0.15) is 5.82 Å². The maximum absolute atomic E-state index is 6.11. The van der Waals surface area contributed by atoms with E-state index >= 15 is 0 Å². The first-order chi connectivity index (χ1) is 9.79. The van der Waals surface area contributed by atoms with Gasteiger partial charge in [-0.3, -0.25) is 9.80 Å². The molecular weight excluding hydrogens is 250 g/mol. The van der Waals surface area contributed by atoms with Gasteiger partial charge in [0.15, 0.2) is 0 Å². The van der Waals surface area contributed by atoms with Crippen LogP contribution in [0.4, 0.5) is 5.82 Å². The average Bonchev–Trinajstić information content (AvgIpc) is 2.50. The van der Waals surface area contributed by atoms with E-state index < -0.39 is 0 Å². The molecular formula is C15H25N5. The Bertz CT molecular complexity index is 442. The van der Waals surface area contributed by atoms with Crippen LogP contribution in [0, 0.1) is 0 Å². The van der Waals surface area contributed by atoms with Crippen molar-refractivity contribution in [3.05, 3.63) is 23.9 Å². The van der Waals surface area contributed by atoms with E-state index in [9.17, 15) is 0 Å². The third-order valence-electron chi connectivity index (χ3n) is 4.53. The number of hydrogen-bond donors (Lipinski definition) is 2. The minimum Gasteiger partial charge on any atom is -0.383 e. The van der Waals surface area contributed by atoms with Gasteiger partial charge in [0.25, 0.3) is 0 Å². The van der Waals surface area contributed by atoms with Gasteiger partial charge in [-0.1, -0.05) is 13.0 Å². The van der Waals surface area contributed by atoms with Crippen LogP contribution in [0.15, 0.2) is 18.3 Å². The predicted molar refractivity (Wildman–Crippen MR) is 81.5 cm³/mol. The minimum absolute atomic E-state index is 0.284. The Labute approximate surface area is 121 Å². The van der Waals surface area contributed by atoms with Crippen molar-refractivity contribution in [3.63, 3.8) is 0 Å². The van der Waals surface area contributed by atoms with Crippen molar-refractivity contribution >= 4 is 5.82 Å². The molecule has 0 radical (unpaired) electrons. The summed E-state index contributed by atoms with van der Waals surface area (Å²) < 4.78 is 0. The van der Waals surface area contributed by atoms with Crippen molar-refractivity contribution in [2.45, 2.75) is 25.4 Å². The van der Waals surface area contributed by atoms with Gasteiger partial charge in [0.05, 0.1) is 6.04 Å². The lowest BCUT2D eigenvalue weighted by molar-refractivity contribution is -0.00357. The lowest BCUT2D eigenvalue weighted by atomic mass is 9.94. The molecule has 0 amide bonds. The molecule has 3 saturated heterocycles. The van der Waals surface area contributed by atoms with E-state index in [4.69, 9.17) is 5.73 Å². The zero-order valence-electron chi connectivity index (χ0n) is 12.3. The van der Waals surface area contributed by atoms with E-state index in [-0.39, 0.29) is 6.04 Å². The zero-order valence-corrected chi connectivity index (χ0v) is 12.3. The Balaban J connectivity index is 1.84. The van der Waals surface area contributed by atoms with Crippen molar-refractivity contribution in [2.24, 2.45) is 0 Å². The first-order valence-electron chi connectivity index (χ1n) is 7.69. The van der Waals surface area contributed by atoms with Crippen molar-refractivity contribution in [2.75, 3.05) is 45.0 Å². The van der Waals surface area contributed by atoms with Crippen LogP contribution in [-0.2, 0) is 0 Å². The van der Waals surface area contributed by atoms with Crippen LogP contribution in [-0.4, -0.2) is 60.1 Å². The van der Waals surface area contributed by atoms with E-state index in [1.807, 2.05) is 6.07 Å². The number of anilines is 1. The molecule has 5 nitrogen and oxygen atoms in total. The molecule has 0 saturated carbocycles. The highest BCUT2D eigenvalue weighted by Gasteiger charge is 2.37. The van der Waals surface area contributed by atoms with Crippen LogP contribution < -0.4 is 11.1 Å². The maximum Gasteiger partial charge on any atom is 0.128 e. The maximum atomic E-state index is 6.11. The number of nitrogens with two attached hydrogens (primary N) is 1. The summed E-state index contributed by atoms with van der Waals surface area (Å²) >= 11 is 0. The fourth-order valence-electron chi connectivity index (χ4n) is 3.42. The van der Waals surface area contributed by atoms with E-state index in [0.717, 1.165) is 25.1 Å². The summed E-state index contributed by atoms with van der Waals surface area (Å²) in [5, 5.41) is 3.69. The van der Waals surface area contributed by atoms with Gasteiger partial charge in [0.2, 0.25) is 0 Å². The molecule has 1 aromatic heterocycles. The van der Waals surface area contributed by atoms with E-state index in [2.05, 4.69) is 33.1 Å². The molecule has 20 heavy (non-hydrogen) atoms. The number of nitrogens with one attached hydrogen (secondary N) is 1. The van der Waals surface area contributed by atoms with Crippen LogP contribution in [0.3, 0.4) is 0 Å². The van der Waals surface area contributed by atoms with Gasteiger partial charge in [-0.05, 0) is 19.0 Å². The fraction of sp³-hybridized carbons (Fsp3) is 0.667. The van der Waals surface area contributed by atoms with Gasteiger partial charge >= 0.3 is 0 Å².